The van der Waals surface area contributed by atoms with Crippen LogP contribution in [0.15, 0.2) is 91.0 Å². The molecule has 1 fully saturated rings. The molecule has 0 saturated carbocycles. The van der Waals surface area contributed by atoms with Crippen molar-refractivity contribution in [3.05, 3.63) is 108 Å². The van der Waals surface area contributed by atoms with Crippen LogP contribution >= 0.6 is 11.8 Å². The summed E-state index contributed by atoms with van der Waals surface area (Å²) in [7, 11) is 0. The van der Waals surface area contributed by atoms with Gasteiger partial charge in [0.15, 0.2) is 6.10 Å². The average Bonchev–Trinajstić information content (AvgIpc) is 3.25. The summed E-state index contributed by atoms with van der Waals surface area (Å²) in [6.45, 7) is 3.69. The average molecular weight is 521 g/mol. The zero-order valence-electron chi connectivity index (χ0n) is 20.9. The molecule has 3 N–H and O–H groups in total. The first kappa shape index (κ1) is 26.7. The van der Waals surface area contributed by atoms with Crippen LogP contribution in [0, 0.1) is 0 Å². The van der Waals surface area contributed by atoms with E-state index in [4.69, 9.17) is 9.47 Å². The molecule has 3 aromatic rings. The van der Waals surface area contributed by atoms with E-state index in [1.807, 2.05) is 105 Å². The fraction of sp³-hybridized carbons (Fsp3) is 0.310. The number of hydrogen-bond donors (Lipinski definition) is 3. The Labute approximate surface area is 221 Å². The number of esters is 1. The molecule has 1 heterocycles. The second-order valence-corrected chi connectivity index (χ2v) is 11.2. The van der Waals surface area contributed by atoms with Gasteiger partial charge >= 0.3 is 12.1 Å². The molecule has 1 aliphatic heterocycles. The molecule has 8 heteroatoms. The lowest BCUT2D eigenvalue weighted by Gasteiger charge is -2.26. The summed E-state index contributed by atoms with van der Waals surface area (Å²) >= 11 is 1.47. The SMILES string of the molecule is CC1(C)S[C@H]([C@@H](CO)NC(=O)OCc2ccccc2)N[C@H]1C(=O)OC(c1ccccc1)c1ccccc1. The van der Waals surface area contributed by atoms with Crippen LogP contribution in [0.2, 0.25) is 0 Å². The van der Waals surface area contributed by atoms with Crippen LogP contribution in [-0.4, -0.2) is 46.0 Å². The van der Waals surface area contributed by atoms with Gasteiger partial charge in [0.05, 0.1) is 18.0 Å². The van der Waals surface area contributed by atoms with Gasteiger partial charge in [0.2, 0.25) is 0 Å². The van der Waals surface area contributed by atoms with E-state index in [0.29, 0.717) is 0 Å². The summed E-state index contributed by atoms with van der Waals surface area (Å²) in [5.41, 5.74) is 2.61. The quantitative estimate of drug-likeness (QED) is 0.360. The first-order valence-corrected chi connectivity index (χ1v) is 13.1. The smallest absolute Gasteiger partial charge is 0.407 e. The van der Waals surface area contributed by atoms with Gasteiger partial charge < -0.3 is 19.9 Å². The number of nitrogens with one attached hydrogen (secondary N) is 2. The van der Waals surface area contributed by atoms with Crippen LogP contribution in [0.1, 0.15) is 36.6 Å². The number of carbonyl (C=O) groups excluding carboxylic acids is 2. The molecule has 0 unspecified atom stereocenters. The van der Waals surface area contributed by atoms with Gasteiger partial charge in [-0.15, -0.1) is 11.8 Å². The Morgan fingerprint density at radius 3 is 2.03 bits per heavy atom. The fourth-order valence-electron chi connectivity index (χ4n) is 4.25. The van der Waals surface area contributed by atoms with Crippen LogP contribution in [0.5, 0.6) is 0 Å². The normalized spacial score (nSPS) is 19.2. The van der Waals surface area contributed by atoms with Crippen molar-refractivity contribution in [2.75, 3.05) is 6.61 Å². The Hall–Kier alpha value is -3.33. The number of rotatable bonds is 9. The first-order valence-electron chi connectivity index (χ1n) is 12.2. The van der Waals surface area contributed by atoms with E-state index in [0.717, 1.165) is 16.7 Å². The summed E-state index contributed by atoms with van der Waals surface area (Å²) in [6.07, 6.45) is -1.20. The summed E-state index contributed by atoms with van der Waals surface area (Å²) in [5, 5.41) is 15.6. The molecule has 37 heavy (non-hydrogen) atoms. The van der Waals surface area contributed by atoms with Crippen LogP contribution in [0.3, 0.4) is 0 Å². The molecule has 3 aromatic carbocycles. The van der Waals surface area contributed by atoms with Gasteiger partial charge in [0, 0.05) is 4.75 Å². The molecule has 0 aromatic heterocycles. The topological polar surface area (TPSA) is 96.9 Å². The predicted octanol–water partition coefficient (Wildman–Crippen LogP) is 4.42. The molecule has 4 rings (SSSR count). The number of aliphatic hydroxyl groups excluding tert-OH is 1. The van der Waals surface area contributed by atoms with Crippen LogP contribution in [0.25, 0.3) is 0 Å². The summed E-state index contributed by atoms with van der Waals surface area (Å²) in [4.78, 5) is 25.9. The highest BCUT2D eigenvalue weighted by Gasteiger charge is 2.49. The number of hydrogen-bond acceptors (Lipinski definition) is 7. The largest absolute Gasteiger partial charge is 0.451 e. The number of benzene rings is 3. The third-order valence-electron chi connectivity index (χ3n) is 6.21. The number of carbonyl (C=O) groups is 2. The second-order valence-electron chi connectivity index (χ2n) is 9.38. The highest BCUT2D eigenvalue weighted by molar-refractivity contribution is 8.01. The fourth-order valence-corrected chi connectivity index (χ4v) is 5.72. The Morgan fingerprint density at radius 2 is 1.49 bits per heavy atom. The summed E-state index contributed by atoms with van der Waals surface area (Å²) in [5.74, 6) is -0.402. The summed E-state index contributed by atoms with van der Waals surface area (Å²) in [6, 6.07) is 27.3. The maximum Gasteiger partial charge on any atom is 0.407 e. The molecule has 1 saturated heterocycles. The third kappa shape index (κ3) is 6.91. The zero-order valence-corrected chi connectivity index (χ0v) is 21.7. The number of alkyl carbamates (subject to hydrolysis) is 1. The van der Waals surface area contributed by atoms with E-state index >= 15 is 0 Å². The Morgan fingerprint density at radius 1 is 0.946 bits per heavy atom. The van der Waals surface area contributed by atoms with Gasteiger partial charge in [-0.05, 0) is 30.5 Å². The van der Waals surface area contributed by atoms with Crippen molar-refractivity contribution in [1.29, 1.82) is 0 Å². The molecular weight excluding hydrogens is 488 g/mol. The Kier molecular flexibility index (Phi) is 8.87. The molecule has 7 nitrogen and oxygen atoms in total. The van der Waals surface area contributed by atoms with E-state index in [1.165, 1.54) is 11.8 Å². The van der Waals surface area contributed by atoms with Gasteiger partial charge in [-0.25, -0.2) is 4.79 Å². The van der Waals surface area contributed by atoms with Crippen LogP contribution < -0.4 is 10.6 Å². The first-order chi connectivity index (χ1) is 17.9. The highest BCUT2D eigenvalue weighted by Crippen LogP contribution is 2.40. The minimum Gasteiger partial charge on any atom is -0.451 e. The van der Waals surface area contributed by atoms with Crippen LogP contribution in [0.4, 0.5) is 4.79 Å². The summed E-state index contributed by atoms with van der Waals surface area (Å²) < 4.78 is 10.8. The van der Waals surface area contributed by atoms with E-state index < -0.39 is 40.4 Å². The molecule has 0 radical (unpaired) electrons. The van der Waals surface area contributed by atoms with Crippen molar-refractivity contribution in [3.63, 3.8) is 0 Å². The molecule has 1 aliphatic rings. The van der Waals surface area contributed by atoms with Gasteiger partial charge in [-0.3, -0.25) is 10.1 Å². The molecule has 3 atom stereocenters. The number of ether oxygens (including phenoxy) is 2. The van der Waals surface area contributed by atoms with Gasteiger partial charge in [0.25, 0.3) is 0 Å². The van der Waals surface area contributed by atoms with Crippen molar-refractivity contribution in [3.8, 4) is 0 Å². The number of aliphatic hydroxyl groups is 1. The number of amides is 1. The van der Waals surface area contributed by atoms with Crippen molar-refractivity contribution < 1.29 is 24.2 Å². The van der Waals surface area contributed by atoms with Gasteiger partial charge in [-0.2, -0.15) is 0 Å². The van der Waals surface area contributed by atoms with E-state index in [-0.39, 0.29) is 13.2 Å². The second kappa shape index (κ2) is 12.3. The standard InChI is InChI=1S/C29H32N2O5S/c1-29(2)25(27(33)36-24(21-14-8-4-9-15-21)22-16-10-5-11-17-22)31-26(37-29)23(18-32)30-28(34)35-19-20-12-6-3-7-13-20/h3-17,23-26,31-32H,18-19H2,1-2H3,(H,30,34)/t23-,25+,26-/m1/s1. The Balaban J connectivity index is 1.42. The van der Waals surface area contributed by atoms with E-state index in [9.17, 15) is 14.7 Å². The lowest BCUT2D eigenvalue weighted by atomic mass is 10.00. The molecule has 1 amide bonds. The predicted molar refractivity (Wildman–Crippen MR) is 144 cm³/mol. The van der Waals surface area contributed by atoms with Crippen molar-refractivity contribution in [2.45, 2.75) is 48.8 Å². The molecule has 0 bridgehead atoms. The van der Waals surface area contributed by atoms with Crippen molar-refractivity contribution >= 4 is 23.8 Å². The monoisotopic (exact) mass is 520 g/mol. The van der Waals surface area contributed by atoms with Crippen molar-refractivity contribution in [1.82, 2.24) is 10.6 Å². The maximum absolute atomic E-state index is 13.5. The van der Waals surface area contributed by atoms with E-state index in [2.05, 4.69) is 10.6 Å². The molecule has 0 aliphatic carbocycles. The molecule has 194 valence electrons. The minimum absolute atomic E-state index is 0.122. The lowest BCUT2D eigenvalue weighted by Crippen LogP contribution is -2.52. The zero-order chi connectivity index (χ0) is 26.3. The number of thioether (sulfide) groups is 1. The van der Waals surface area contributed by atoms with Gasteiger partial charge in [0.1, 0.15) is 12.6 Å². The maximum atomic E-state index is 13.5. The van der Waals surface area contributed by atoms with Crippen molar-refractivity contribution in [2.24, 2.45) is 0 Å². The highest BCUT2D eigenvalue weighted by atomic mass is 32.2. The lowest BCUT2D eigenvalue weighted by molar-refractivity contribution is -0.150. The van der Waals surface area contributed by atoms with E-state index in [1.54, 1.807) is 0 Å². The molecular formula is C29H32N2O5S. The molecule has 0 spiro atoms. The van der Waals surface area contributed by atoms with Gasteiger partial charge in [-0.1, -0.05) is 91.0 Å². The third-order valence-corrected chi connectivity index (χ3v) is 7.77. The van der Waals surface area contributed by atoms with Crippen LogP contribution in [-0.2, 0) is 20.9 Å². The Bertz CT molecular complexity index is 1120. The minimum atomic E-state index is -0.663.